The minimum absolute atomic E-state index is 0.0954. The summed E-state index contributed by atoms with van der Waals surface area (Å²) in [4.78, 5) is 27.0. The third-order valence-corrected chi connectivity index (χ3v) is 6.85. The Morgan fingerprint density at radius 3 is 2.58 bits per heavy atom. The van der Waals surface area contributed by atoms with Gasteiger partial charge in [0.05, 0.1) is 16.3 Å². The molecule has 1 fully saturated rings. The van der Waals surface area contributed by atoms with Gasteiger partial charge in [-0.2, -0.15) is 0 Å². The number of nitrogens with one attached hydrogen (secondary N) is 1. The molecular weight excluding hydrogens is 451 g/mol. The molecule has 4 rings (SSSR count). The molecule has 3 aromatic carbocycles. The van der Waals surface area contributed by atoms with Crippen LogP contribution in [0.5, 0.6) is 0 Å². The highest BCUT2D eigenvalue weighted by molar-refractivity contribution is 8.00. The SMILES string of the molecule is CCc1cccc(N2C(=O)CSC2c2ccc(NC(=O)c3ccc(Cl)cc3Cl)cc2)c1. The van der Waals surface area contributed by atoms with E-state index in [1.807, 2.05) is 41.3 Å². The first-order valence-electron chi connectivity index (χ1n) is 9.85. The number of aryl methyl sites for hydroxylation is 1. The number of hydrogen-bond donors (Lipinski definition) is 1. The van der Waals surface area contributed by atoms with Crippen molar-refractivity contribution in [1.29, 1.82) is 0 Å². The van der Waals surface area contributed by atoms with Gasteiger partial charge in [-0.1, -0.05) is 54.4 Å². The van der Waals surface area contributed by atoms with Gasteiger partial charge in [0.25, 0.3) is 5.91 Å². The number of hydrogen-bond acceptors (Lipinski definition) is 3. The first-order valence-corrected chi connectivity index (χ1v) is 11.7. The molecule has 1 N–H and O–H groups in total. The number of rotatable bonds is 5. The standard InChI is InChI=1S/C24H20Cl2N2O2S/c1-2-15-4-3-5-19(12-15)28-22(29)14-31-24(28)16-6-9-18(10-7-16)27-23(30)20-11-8-17(25)13-21(20)26/h3-13,24H,2,14H2,1H3,(H,27,30). The zero-order valence-corrected chi connectivity index (χ0v) is 19.1. The highest BCUT2D eigenvalue weighted by Crippen LogP contribution is 2.42. The van der Waals surface area contributed by atoms with Crippen LogP contribution in [0.15, 0.2) is 66.7 Å². The summed E-state index contributed by atoms with van der Waals surface area (Å²) in [7, 11) is 0. The average molecular weight is 471 g/mol. The van der Waals surface area contributed by atoms with Crippen LogP contribution in [0.1, 0.15) is 33.8 Å². The molecule has 1 aliphatic heterocycles. The second kappa shape index (κ2) is 9.35. The van der Waals surface area contributed by atoms with Crippen molar-refractivity contribution in [2.24, 2.45) is 0 Å². The fourth-order valence-electron chi connectivity index (χ4n) is 3.48. The Balaban J connectivity index is 1.53. The molecule has 1 unspecified atom stereocenters. The molecule has 1 heterocycles. The van der Waals surface area contributed by atoms with Crippen LogP contribution < -0.4 is 10.2 Å². The number of carbonyl (C=O) groups excluding carboxylic acids is 2. The molecule has 158 valence electrons. The van der Waals surface area contributed by atoms with Gasteiger partial charge < -0.3 is 5.32 Å². The van der Waals surface area contributed by atoms with Gasteiger partial charge in [-0.05, 0) is 60.0 Å². The van der Waals surface area contributed by atoms with E-state index in [-0.39, 0.29) is 17.2 Å². The first-order chi connectivity index (χ1) is 15.0. The Morgan fingerprint density at radius 1 is 1.10 bits per heavy atom. The van der Waals surface area contributed by atoms with E-state index >= 15 is 0 Å². The first kappa shape index (κ1) is 21.8. The van der Waals surface area contributed by atoms with E-state index in [2.05, 4.69) is 24.4 Å². The summed E-state index contributed by atoms with van der Waals surface area (Å²) in [6, 6.07) is 20.4. The molecule has 0 spiro atoms. The van der Waals surface area contributed by atoms with Gasteiger partial charge in [-0.25, -0.2) is 0 Å². The monoisotopic (exact) mass is 470 g/mol. The molecule has 0 aromatic heterocycles. The topological polar surface area (TPSA) is 49.4 Å². The van der Waals surface area contributed by atoms with Gasteiger partial charge >= 0.3 is 0 Å². The van der Waals surface area contributed by atoms with Crippen molar-refractivity contribution >= 4 is 58.2 Å². The van der Waals surface area contributed by atoms with Crippen LogP contribution in [0.3, 0.4) is 0 Å². The van der Waals surface area contributed by atoms with Gasteiger partial charge in [-0.3, -0.25) is 14.5 Å². The second-order valence-corrected chi connectivity index (χ2v) is 9.06. The van der Waals surface area contributed by atoms with Crippen LogP contribution >= 0.6 is 35.0 Å². The molecule has 0 aliphatic carbocycles. The molecule has 0 radical (unpaired) electrons. The Labute approximate surface area is 195 Å². The van der Waals surface area contributed by atoms with Gasteiger partial charge in [0, 0.05) is 16.4 Å². The molecule has 1 saturated heterocycles. The molecule has 2 amide bonds. The maximum absolute atomic E-state index is 12.6. The number of thioether (sulfide) groups is 1. The van der Waals surface area contributed by atoms with Gasteiger partial charge in [0.1, 0.15) is 5.37 Å². The third-order valence-electron chi connectivity index (χ3n) is 5.09. The van der Waals surface area contributed by atoms with Gasteiger partial charge in [0.2, 0.25) is 5.91 Å². The van der Waals surface area contributed by atoms with E-state index in [1.165, 1.54) is 11.6 Å². The lowest BCUT2D eigenvalue weighted by Crippen LogP contribution is -2.27. The lowest BCUT2D eigenvalue weighted by atomic mass is 10.1. The highest BCUT2D eigenvalue weighted by atomic mass is 35.5. The van der Waals surface area contributed by atoms with Crippen molar-refractivity contribution in [3.8, 4) is 0 Å². The van der Waals surface area contributed by atoms with Crippen LogP contribution in [-0.2, 0) is 11.2 Å². The van der Waals surface area contributed by atoms with Crippen molar-refractivity contribution in [1.82, 2.24) is 0 Å². The third kappa shape index (κ3) is 4.74. The van der Waals surface area contributed by atoms with Crippen LogP contribution in [0, 0.1) is 0 Å². The molecule has 3 aromatic rings. The minimum Gasteiger partial charge on any atom is -0.322 e. The van der Waals surface area contributed by atoms with E-state index in [4.69, 9.17) is 23.2 Å². The smallest absolute Gasteiger partial charge is 0.257 e. The number of nitrogens with zero attached hydrogens (tertiary/aromatic N) is 1. The van der Waals surface area contributed by atoms with Gasteiger partial charge in [-0.15, -0.1) is 11.8 Å². The predicted octanol–water partition coefficient (Wildman–Crippen LogP) is 6.59. The quantitative estimate of drug-likeness (QED) is 0.457. The van der Waals surface area contributed by atoms with Crippen molar-refractivity contribution in [3.63, 3.8) is 0 Å². The van der Waals surface area contributed by atoms with E-state index in [1.54, 1.807) is 23.9 Å². The predicted molar refractivity (Wildman–Crippen MR) is 129 cm³/mol. The Kier molecular flexibility index (Phi) is 6.56. The number of carbonyl (C=O) groups is 2. The molecule has 31 heavy (non-hydrogen) atoms. The largest absolute Gasteiger partial charge is 0.322 e. The fourth-order valence-corrected chi connectivity index (χ4v) is 5.15. The zero-order valence-electron chi connectivity index (χ0n) is 16.8. The molecule has 1 aliphatic rings. The molecule has 1 atom stereocenters. The van der Waals surface area contributed by atoms with Gasteiger partial charge in [0.15, 0.2) is 0 Å². The Bertz CT molecular complexity index is 1130. The number of benzene rings is 3. The molecule has 7 heteroatoms. The molecule has 0 saturated carbocycles. The lowest BCUT2D eigenvalue weighted by molar-refractivity contribution is -0.115. The fraction of sp³-hybridized carbons (Fsp3) is 0.167. The average Bonchev–Trinajstić information content (AvgIpc) is 3.15. The zero-order chi connectivity index (χ0) is 22.0. The normalized spacial score (nSPS) is 15.9. The molecular formula is C24H20Cl2N2O2S. The summed E-state index contributed by atoms with van der Waals surface area (Å²) >= 11 is 13.6. The summed E-state index contributed by atoms with van der Waals surface area (Å²) in [5.74, 6) is 0.227. The number of amides is 2. The Hall–Kier alpha value is -2.47. The maximum atomic E-state index is 12.6. The van der Waals surface area contributed by atoms with E-state index in [0.717, 1.165) is 17.7 Å². The summed E-state index contributed by atoms with van der Waals surface area (Å²) in [6.07, 6.45) is 0.916. The van der Waals surface area contributed by atoms with E-state index in [0.29, 0.717) is 27.0 Å². The van der Waals surface area contributed by atoms with Crippen LogP contribution in [0.25, 0.3) is 0 Å². The highest BCUT2D eigenvalue weighted by Gasteiger charge is 2.34. The maximum Gasteiger partial charge on any atom is 0.257 e. The van der Waals surface area contributed by atoms with E-state index < -0.39 is 0 Å². The molecule has 0 bridgehead atoms. The number of anilines is 2. The lowest BCUT2D eigenvalue weighted by Gasteiger charge is -2.25. The van der Waals surface area contributed by atoms with Crippen LogP contribution in [0.2, 0.25) is 10.0 Å². The van der Waals surface area contributed by atoms with Crippen molar-refractivity contribution in [2.75, 3.05) is 16.0 Å². The summed E-state index contributed by atoms with van der Waals surface area (Å²) in [5, 5.41) is 3.52. The summed E-state index contributed by atoms with van der Waals surface area (Å²) < 4.78 is 0. The number of halogens is 2. The minimum atomic E-state index is -0.308. The van der Waals surface area contributed by atoms with E-state index in [9.17, 15) is 9.59 Å². The van der Waals surface area contributed by atoms with Crippen molar-refractivity contribution < 1.29 is 9.59 Å². The summed E-state index contributed by atoms with van der Waals surface area (Å²) in [6.45, 7) is 2.10. The second-order valence-electron chi connectivity index (χ2n) is 7.15. The summed E-state index contributed by atoms with van der Waals surface area (Å²) in [5.41, 5.74) is 4.11. The van der Waals surface area contributed by atoms with Crippen LogP contribution in [-0.4, -0.2) is 17.6 Å². The van der Waals surface area contributed by atoms with Crippen LogP contribution in [0.4, 0.5) is 11.4 Å². The Morgan fingerprint density at radius 2 is 1.87 bits per heavy atom. The molecule has 4 nitrogen and oxygen atoms in total. The van der Waals surface area contributed by atoms with Crippen molar-refractivity contribution in [2.45, 2.75) is 18.7 Å². The van der Waals surface area contributed by atoms with Crippen molar-refractivity contribution in [3.05, 3.63) is 93.5 Å².